The minimum atomic E-state index is 0.453. The third-order valence-electron chi connectivity index (χ3n) is 3.66. The van der Waals surface area contributed by atoms with Crippen LogP contribution in [0.5, 0.6) is 0 Å². The van der Waals surface area contributed by atoms with Crippen molar-refractivity contribution in [3.63, 3.8) is 0 Å². The van der Waals surface area contributed by atoms with Crippen molar-refractivity contribution in [1.29, 1.82) is 0 Å². The quantitative estimate of drug-likeness (QED) is 0.712. The van der Waals surface area contributed by atoms with E-state index >= 15 is 0 Å². The summed E-state index contributed by atoms with van der Waals surface area (Å²) in [7, 11) is 2.25. The maximum Gasteiger partial charge on any atom is 0.0626 e. The fourth-order valence-corrected chi connectivity index (χ4v) is 2.60. The van der Waals surface area contributed by atoms with Gasteiger partial charge in [-0.1, -0.05) is 0 Å². The van der Waals surface area contributed by atoms with Crippen LogP contribution in [0.1, 0.15) is 26.7 Å². The molecular formula is C11H22N2O. The van der Waals surface area contributed by atoms with E-state index in [9.17, 15) is 0 Å². The molecule has 0 bridgehead atoms. The van der Waals surface area contributed by atoms with E-state index in [2.05, 4.69) is 31.1 Å². The molecule has 2 aliphatic rings. The Bertz CT molecular complexity index is 178. The Morgan fingerprint density at radius 1 is 1.21 bits per heavy atom. The molecule has 0 amide bonds. The van der Waals surface area contributed by atoms with Crippen LogP contribution in [0.3, 0.4) is 0 Å². The van der Waals surface area contributed by atoms with Crippen molar-refractivity contribution in [2.24, 2.45) is 0 Å². The Kier molecular flexibility index (Phi) is 3.10. The van der Waals surface area contributed by atoms with Crippen LogP contribution in [-0.4, -0.2) is 49.3 Å². The highest BCUT2D eigenvalue weighted by atomic mass is 16.5. The van der Waals surface area contributed by atoms with Gasteiger partial charge in [0.25, 0.3) is 0 Å². The Hall–Kier alpha value is -0.120. The zero-order valence-electron chi connectivity index (χ0n) is 9.49. The SMILES string of the molecule is CC1CC(N(C)C2COC(C)C2)CN1. The van der Waals surface area contributed by atoms with Crippen molar-refractivity contribution in [2.45, 2.75) is 50.9 Å². The fraction of sp³-hybridized carbons (Fsp3) is 1.00. The van der Waals surface area contributed by atoms with Gasteiger partial charge in [-0.15, -0.1) is 0 Å². The molecule has 0 radical (unpaired) electrons. The van der Waals surface area contributed by atoms with E-state index in [1.165, 1.54) is 12.8 Å². The van der Waals surface area contributed by atoms with Crippen molar-refractivity contribution >= 4 is 0 Å². The highest BCUT2D eigenvalue weighted by molar-refractivity contribution is 4.89. The van der Waals surface area contributed by atoms with E-state index in [0.717, 1.165) is 13.2 Å². The smallest absolute Gasteiger partial charge is 0.0626 e. The average Bonchev–Trinajstić information content (AvgIpc) is 2.73. The predicted octanol–water partition coefficient (Wildman–Crippen LogP) is 0.846. The second-order valence-corrected chi connectivity index (χ2v) is 4.90. The summed E-state index contributed by atoms with van der Waals surface area (Å²) in [6.45, 7) is 6.50. The Labute approximate surface area is 86.8 Å². The van der Waals surface area contributed by atoms with Crippen molar-refractivity contribution < 1.29 is 4.74 Å². The molecule has 2 rings (SSSR count). The normalized spacial score (nSPS) is 43.7. The van der Waals surface area contributed by atoms with E-state index < -0.39 is 0 Å². The zero-order valence-corrected chi connectivity index (χ0v) is 9.49. The molecule has 4 unspecified atom stereocenters. The van der Waals surface area contributed by atoms with Crippen LogP contribution in [0.2, 0.25) is 0 Å². The summed E-state index contributed by atoms with van der Waals surface area (Å²) in [6, 6.07) is 2.04. The lowest BCUT2D eigenvalue weighted by Gasteiger charge is -2.28. The fourth-order valence-electron chi connectivity index (χ4n) is 2.60. The Morgan fingerprint density at radius 2 is 2.00 bits per heavy atom. The molecule has 4 atom stereocenters. The number of likely N-dealkylation sites (N-methyl/N-ethyl adjacent to an activating group) is 1. The molecule has 3 heteroatoms. The summed E-state index contributed by atoms with van der Waals surface area (Å²) < 4.78 is 5.61. The summed E-state index contributed by atoms with van der Waals surface area (Å²) >= 11 is 0. The standard InChI is InChI=1S/C11H22N2O/c1-8-4-10(6-12-8)13(3)11-5-9(2)14-7-11/h8-12H,4-7H2,1-3H3. The van der Waals surface area contributed by atoms with Gasteiger partial charge in [0, 0.05) is 24.7 Å². The number of ether oxygens (including phenoxy) is 1. The molecule has 0 aliphatic carbocycles. The molecule has 14 heavy (non-hydrogen) atoms. The first-order chi connectivity index (χ1) is 6.66. The third kappa shape index (κ3) is 2.10. The van der Waals surface area contributed by atoms with Crippen molar-refractivity contribution in [2.75, 3.05) is 20.2 Å². The lowest BCUT2D eigenvalue weighted by molar-refractivity contribution is 0.104. The second-order valence-electron chi connectivity index (χ2n) is 4.90. The van der Waals surface area contributed by atoms with Crippen LogP contribution in [0, 0.1) is 0 Å². The van der Waals surface area contributed by atoms with Gasteiger partial charge in [-0.3, -0.25) is 4.90 Å². The number of hydrogen-bond donors (Lipinski definition) is 1. The minimum absolute atomic E-state index is 0.453. The summed E-state index contributed by atoms with van der Waals surface area (Å²) in [5, 5.41) is 3.50. The summed E-state index contributed by atoms with van der Waals surface area (Å²) in [4.78, 5) is 2.51. The molecule has 2 aliphatic heterocycles. The highest BCUT2D eigenvalue weighted by Gasteiger charge is 2.32. The summed E-state index contributed by atoms with van der Waals surface area (Å²) in [5.74, 6) is 0. The average molecular weight is 198 g/mol. The molecular weight excluding hydrogens is 176 g/mol. The van der Waals surface area contributed by atoms with Gasteiger partial charge in [0.15, 0.2) is 0 Å². The van der Waals surface area contributed by atoms with Gasteiger partial charge in [-0.2, -0.15) is 0 Å². The van der Waals surface area contributed by atoms with Gasteiger partial charge in [-0.05, 0) is 33.7 Å². The first-order valence-corrected chi connectivity index (χ1v) is 5.73. The first-order valence-electron chi connectivity index (χ1n) is 5.73. The molecule has 2 heterocycles. The van der Waals surface area contributed by atoms with Crippen molar-refractivity contribution in [3.05, 3.63) is 0 Å². The van der Waals surface area contributed by atoms with E-state index in [1.807, 2.05) is 0 Å². The first kappa shape index (κ1) is 10.4. The lowest BCUT2D eigenvalue weighted by atomic mass is 10.1. The van der Waals surface area contributed by atoms with Crippen LogP contribution >= 0.6 is 0 Å². The lowest BCUT2D eigenvalue weighted by Crippen LogP contribution is -2.41. The molecule has 82 valence electrons. The zero-order chi connectivity index (χ0) is 10.1. The van der Waals surface area contributed by atoms with Crippen LogP contribution in [0.4, 0.5) is 0 Å². The predicted molar refractivity (Wildman–Crippen MR) is 57.5 cm³/mol. The van der Waals surface area contributed by atoms with Gasteiger partial charge in [-0.25, -0.2) is 0 Å². The van der Waals surface area contributed by atoms with Gasteiger partial charge < -0.3 is 10.1 Å². The molecule has 3 nitrogen and oxygen atoms in total. The van der Waals surface area contributed by atoms with Crippen LogP contribution in [-0.2, 0) is 4.74 Å². The molecule has 0 aromatic heterocycles. The van der Waals surface area contributed by atoms with Crippen LogP contribution in [0.25, 0.3) is 0 Å². The summed E-state index contributed by atoms with van der Waals surface area (Å²) in [5.41, 5.74) is 0. The Morgan fingerprint density at radius 3 is 2.50 bits per heavy atom. The van der Waals surface area contributed by atoms with Gasteiger partial charge in [0.2, 0.25) is 0 Å². The molecule has 1 N–H and O–H groups in total. The van der Waals surface area contributed by atoms with E-state index in [1.54, 1.807) is 0 Å². The van der Waals surface area contributed by atoms with Crippen LogP contribution < -0.4 is 5.32 Å². The molecule has 0 spiro atoms. The number of nitrogens with one attached hydrogen (secondary N) is 1. The highest BCUT2D eigenvalue weighted by Crippen LogP contribution is 2.22. The topological polar surface area (TPSA) is 24.5 Å². The van der Waals surface area contributed by atoms with Gasteiger partial charge in [0.05, 0.1) is 12.7 Å². The number of rotatable bonds is 2. The maximum atomic E-state index is 5.61. The Balaban J connectivity index is 1.85. The molecule has 0 aromatic carbocycles. The maximum absolute atomic E-state index is 5.61. The van der Waals surface area contributed by atoms with Crippen molar-refractivity contribution in [1.82, 2.24) is 10.2 Å². The van der Waals surface area contributed by atoms with E-state index in [0.29, 0.717) is 24.2 Å². The second kappa shape index (κ2) is 4.17. The summed E-state index contributed by atoms with van der Waals surface area (Å²) in [6.07, 6.45) is 2.93. The van der Waals surface area contributed by atoms with Gasteiger partial charge in [0.1, 0.15) is 0 Å². The number of nitrogens with zero attached hydrogens (tertiary/aromatic N) is 1. The third-order valence-corrected chi connectivity index (χ3v) is 3.66. The monoisotopic (exact) mass is 198 g/mol. The van der Waals surface area contributed by atoms with E-state index in [-0.39, 0.29) is 0 Å². The van der Waals surface area contributed by atoms with Crippen LogP contribution in [0.15, 0.2) is 0 Å². The molecule has 2 saturated heterocycles. The van der Waals surface area contributed by atoms with E-state index in [4.69, 9.17) is 4.74 Å². The largest absolute Gasteiger partial charge is 0.377 e. The van der Waals surface area contributed by atoms with Crippen molar-refractivity contribution in [3.8, 4) is 0 Å². The molecule has 0 saturated carbocycles. The minimum Gasteiger partial charge on any atom is -0.377 e. The molecule has 0 aromatic rings. The molecule has 2 fully saturated rings. The van der Waals surface area contributed by atoms with Gasteiger partial charge >= 0.3 is 0 Å². The number of hydrogen-bond acceptors (Lipinski definition) is 3.